The Balaban J connectivity index is 3.01. The molecule has 1 amide bonds. The number of alkyl halides is 4. The summed E-state index contributed by atoms with van der Waals surface area (Å²) in [5.74, 6) is -0.610. The molecule has 94 valence electrons. The molecule has 0 spiro atoms. The molecule has 0 saturated carbocycles. The molecular weight excluding hydrogens is 367 g/mol. The van der Waals surface area contributed by atoms with E-state index in [0.29, 0.717) is 5.56 Å². The second-order valence-electron chi connectivity index (χ2n) is 3.39. The predicted molar refractivity (Wildman–Crippen MR) is 64.8 cm³/mol. The van der Waals surface area contributed by atoms with Gasteiger partial charge in [0.2, 0.25) is 5.91 Å². The van der Waals surface area contributed by atoms with E-state index < -0.39 is 22.5 Å². The minimum Gasteiger partial charge on any atom is -0.369 e. The van der Waals surface area contributed by atoms with E-state index in [9.17, 15) is 18.0 Å². The molecule has 0 radical (unpaired) electrons. The van der Waals surface area contributed by atoms with Gasteiger partial charge >= 0.3 is 6.18 Å². The van der Waals surface area contributed by atoms with Gasteiger partial charge in [0.25, 0.3) is 0 Å². The number of hydrogen-bond donors (Lipinski definition) is 1. The van der Waals surface area contributed by atoms with E-state index in [4.69, 9.17) is 5.73 Å². The van der Waals surface area contributed by atoms with Crippen LogP contribution in [0, 0.1) is 0 Å². The Bertz CT molecular complexity index is 434. The van der Waals surface area contributed by atoms with Crippen molar-refractivity contribution in [3.8, 4) is 0 Å². The first-order chi connectivity index (χ1) is 7.71. The third-order valence-electron chi connectivity index (χ3n) is 2.06. The Labute approximate surface area is 113 Å². The number of carbonyl (C=O) groups excluding carboxylic acids is 1. The second-order valence-corrected chi connectivity index (χ2v) is 5.35. The molecule has 1 atom stereocenters. The predicted octanol–water partition coefficient (Wildman–Crippen LogP) is 3.26. The fraction of sp³-hybridized carbons (Fsp3) is 0.300. The average Bonchev–Trinajstić information content (AvgIpc) is 2.19. The first kappa shape index (κ1) is 14.5. The molecule has 2 nitrogen and oxygen atoms in total. The highest BCUT2D eigenvalue weighted by atomic mass is 79.9. The highest BCUT2D eigenvalue weighted by Crippen LogP contribution is 2.35. The van der Waals surface area contributed by atoms with Crippen LogP contribution < -0.4 is 5.73 Å². The van der Waals surface area contributed by atoms with Gasteiger partial charge < -0.3 is 5.73 Å². The van der Waals surface area contributed by atoms with Crippen LogP contribution in [-0.2, 0) is 17.4 Å². The summed E-state index contributed by atoms with van der Waals surface area (Å²) in [6, 6.07) is 3.82. The van der Waals surface area contributed by atoms with Crippen molar-refractivity contribution in [2.24, 2.45) is 5.73 Å². The van der Waals surface area contributed by atoms with E-state index in [-0.39, 0.29) is 10.9 Å². The van der Waals surface area contributed by atoms with Crippen LogP contribution in [0.1, 0.15) is 11.1 Å². The summed E-state index contributed by atoms with van der Waals surface area (Å²) in [7, 11) is 0. The van der Waals surface area contributed by atoms with Gasteiger partial charge in [0.1, 0.15) is 0 Å². The third kappa shape index (κ3) is 3.99. The summed E-state index contributed by atoms with van der Waals surface area (Å²) in [4.78, 5) is 10.1. The van der Waals surface area contributed by atoms with Gasteiger partial charge in [0.15, 0.2) is 0 Å². The molecule has 0 aliphatic heterocycles. The highest BCUT2D eigenvalue weighted by Gasteiger charge is 2.33. The number of amides is 1. The summed E-state index contributed by atoms with van der Waals surface area (Å²) in [5, 5.41) is 0. The van der Waals surface area contributed by atoms with Crippen LogP contribution in [0.3, 0.4) is 0 Å². The zero-order chi connectivity index (χ0) is 13.2. The number of rotatable bonds is 3. The standard InChI is InChI=1S/C10H8Br2F3NO/c11-7-2-1-5(4-8(12)9(16)17)3-6(7)10(13,14)15/h1-3,8H,4H2,(H2,16,17). The summed E-state index contributed by atoms with van der Waals surface area (Å²) < 4.78 is 37.7. The van der Waals surface area contributed by atoms with Crippen molar-refractivity contribution < 1.29 is 18.0 Å². The Morgan fingerprint density at radius 2 is 2.00 bits per heavy atom. The molecule has 0 heterocycles. The molecule has 0 bridgehead atoms. The fourth-order valence-corrected chi connectivity index (χ4v) is 2.07. The Morgan fingerprint density at radius 1 is 1.41 bits per heavy atom. The number of nitrogens with two attached hydrogens (primary N) is 1. The van der Waals surface area contributed by atoms with Crippen LogP contribution in [0.25, 0.3) is 0 Å². The number of halogens is 5. The van der Waals surface area contributed by atoms with Crippen molar-refractivity contribution in [3.63, 3.8) is 0 Å². The molecule has 0 fully saturated rings. The molecule has 1 aromatic rings. The Morgan fingerprint density at radius 3 is 2.47 bits per heavy atom. The topological polar surface area (TPSA) is 43.1 Å². The van der Waals surface area contributed by atoms with E-state index in [2.05, 4.69) is 31.9 Å². The minimum atomic E-state index is -4.43. The smallest absolute Gasteiger partial charge is 0.369 e. The molecule has 0 aliphatic carbocycles. The van der Waals surface area contributed by atoms with Gasteiger partial charge in [-0.15, -0.1) is 0 Å². The van der Waals surface area contributed by atoms with E-state index in [1.54, 1.807) is 0 Å². The second kappa shape index (κ2) is 5.39. The maximum absolute atomic E-state index is 12.6. The van der Waals surface area contributed by atoms with Gasteiger partial charge in [0.05, 0.1) is 10.4 Å². The summed E-state index contributed by atoms with van der Waals surface area (Å²) in [6.07, 6.45) is -4.31. The van der Waals surface area contributed by atoms with Gasteiger partial charge in [-0.25, -0.2) is 0 Å². The molecule has 0 aliphatic rings. The quantitative estimate of drug-likeness (QED) is 0.811. The molecule has 2 N–H and O–H groups in total. The van der Waals surface area contributed by atoms with Gasteiger partial charge in [-0.1, -0.05) is 37.9 Å². The lowest BCUT2D eigenvalue weighted by atomic mass is 10.1. The molecule has 0 aromatic heterocycles. The van der Waals surface area contributed by atoms with Crippen LogP contribution in [-0.4, -0.2) is 10.7 Å². The zero-order valence-electron chi connectivity index (χ0n) is 8.39. The van der Waals surface area contributed by atoms with E-state index in [0.717, 1.165) is 6.07 Å². The molecule has 17 heavy (non-hydrogen) atoms. The first-order valence-corrected chi connectivity index (χ1v) is 6.21. The number of hydrogen-bond acceptors (Lipinski definition) is 1. The average molecular weight is 375 g/mol. The van der Waals surface area contributed by atoms with Crippen molar-refractivity contribution in [1.29, 1.82) is 0 Å². The van der Waals surface area contributed by atoms with Crippen molar-refractivity contribution in [2.75, 3.05) is 0 Å². The molecule has 1 aromatic carbocycles. The summed E-state index contributed by atoms with van der Waals surface area (Å²) >= 11 is 5.84. The lowest BCUT2D eigenvalue weighted by Crippen LogP contribution is -2.25. The molecule has 1 unspecified atom stereocenters. The van der Waals surface area contributed by atoms with Crippen molar-refractivity contribution in [1.82, 2.24) is 0 Å². The molecule has 0 saturated heterocycles. The number of benzene rings is 1. The van der Waals surface area contributed by atoms with Crippen molar-refractivity contribution in [2.45, 2.75) is 17.4 Å². The normalized spacial score (nSPS) is 13.5. The van der Waals surface area contributed by atoms with Gasteiger partial charge in [-0.3, -0.25) is 4.79 Å². The van der Waals surface area contributed by atoms with Crippen molar-refractivity contribution in [3.05, 3.63) is 33.8 Å². The molecular formula is C10H8Br2F3NO. The number of carbonyl (C=O) groups is 1. The van der Waals surface area contributed by atoms with E-state index in [1.165, 1.54) is 12.1 Å². The molecule has 7 heteroatoms. The maximum atomic E-state index is 12.6. The van der Waals surface area contributed by atoms with Crippen LogP contribution >= 0.6 is 31.9 Å². The maximum Gasteiger partial charge on any atom is 0.417 e. The molecule has 1 rings (SSSR count). The van der Waals surface area contributed by atoms with Gasteiger partial charge in [-0.2, -0.15) is 13.2 Å². The van der Waals surface area contributed by atoms with Gasteiger partial charge in [0, 0.05) is 4.47 Å². The fourth-order valence-electron chi connectivity index (χ4n) is 1.22. The van der Waals surface area contributed by atoms with Gasteiger partial charge in [-0.05, 0) is 24.1 Å². The monoisotopic (exact) mass is 373 g/mol. The van der Waals surface area contributed by atoms with Crippen LogP contribution in [0.15, 0.2) is 22.7 Å². The van der Waals surface area contributed by atoms with E-state index >= 15 is 0 Å². The zero-order valence-corrected chi connectivity index (χ0v) is 11.6. The van der Waals surface area contributed by atoms with Crippen LogP contribution in [0.4, 0.5) is 13.2 Å². The first-order valence-electron chi connectivity index (χ1n) is 4.51. The summed E-state index contributed by atoms with van der Waals surface area (Å²) in [5.41, 5.74) is 4.65. The summed E-state index contributed by atoms with van der Waals surface area (Å²) in [6.45, 7) is 0. The lowest BCUT2D eigenvalue weighted by Gasteiger charge is -2.12. The van der Waals surface area contributed by atoms with Crippen LogP contribution in [0.5, 0.6) is 0 Å². The van der Waals surface area contributed by atoms with Crippen LogP contribution in [0.2, 0.25) is 0 Å². The Kier molecular flexibility index (Phi) is 4.60. The lowest BCUT2D eigenvalue weighted by molar-refractivity contribution is -0.138. The SMILES string of the molecule is NC(=O)C(Br)Cc1ccc(Br)c(C(F)(F)F)c1. The third-order valence-corrected chi connectivity index (χ3v) is 3.53. The Hall–Kier alpha value is -0.560. The van der Waals surface area contributed by atoms with E-state index in [1.807, 2.05) is 0 Å². The van der Waals surface area contributed by atoms with Crippen molar-refractivity contribution >= 4 is 37.8 Å². The minimum absolute atomic E-state index is 0.0288. The highest BCUT2D eigenvalue weighted by molar-refractivity contribution is 9.10. The number of primary amides is 1. The largest absolute Gasteiger partial charge is 0.417 e.